The molecular formula is C30H29N3O4. The molecule has 2 amide bonds. The van der Waals surface area contributed by atoms with Gasteiger partial charge in [-0.2, -0.15) is 0 Å². The fraction of sp³-hybridized carbons (Fsp3) is 0.133. The van der Waals surface area contributed by atoms with Crippen molar-refractivity contribution in [3.8, 4) is 11.5 Å². The van der Waals surface area contributed by atoms with E-state index in [9.17, 15) is 9.59 Å². The van der Waals surface area contributed by atoms with Gasteiger partial charge in [-0.05, 0) is 60.7 Å². The Morgan fingerprint density at radius 2 is 1.35 bits per heavy atom. The lowest BCUT2D eigenvalue weighted by Crippen LogP contribution is -2.26. The standard InChI is InChI=1S/C30H29N3O4/c1-33(25-10-4-2-5-11-25)30(35)23-16-18-24(19-17-23)32-29(34)22-31-27-14-8-9-15-28(27)37-21-20-36-26-12-6-3-7-13-26/h2-19,31H,20-22H2,1H3,(H,32,34). The Morgan fingerprint density at radius 3 is 2.08 bits per heavy atom. The first-order valence-electron chi connectivity index (χ1n) is 12.0. The number of rotatable bonds is 11. The minimum atomic E-state index is -0.220. The van der Waals surface area contributed by atoms with E-state index in [4.69, 9.17) is 9.47 Å². The topological polar surface area (TPSA) is 79.9 Å². The molecule has 0 bridgehead atoms. The molecule has 0 aliphatic carbocycles. The third kappa shape index (κ3) is 7.35. The molecule has 0 saturated carbocycles. The van der Waals surface area contributed by atoms with Crippen LogP contribution in [0.3, 0.4) is 0 Å². The molecule has 0 saturated heterocycles. The highest BCUT2D eigenvalue weighted by molar-refractivity contribution is 6.06. The van der Waals surface area contributed by atoms with Gasteiger partial charge in [0.05, 0.1) is 12.2 Å². The van der Waals surface area contributed by atoms with E-state index in [1.165, 1.54) is 0 Å². The van der Waals surface area contributed by atoms with Gasteiger partial charge in [-0.3, -0.25) is 9.59 Å². The van der Waals surface area contributed by atoms with Crippen LogP contribution in [0.2, 0.25) is 0 Å². The maximum Gasteiger partial charge on any atom is 0.258 e. The summed E-state index contributed by atoms with van der Waals surface area (Å²) in [5.41, 5.74) is 2.66. The summed E-state index contributed by atoms with van der Waals surface area (Å²) in [5.74, 6) is 1.08. The third-order valence-corrected chi connectivity index (χ3v) is 5.54. The van der Waals surface area contributed by atoms with E-state index in [2.05, 4.69) is 10.6 Å². The number of para-hydroxylation sites is 4. The fourth-order valence-corrected chi connectivity index (χ4v) is 3.61. The van der Waals surface area contributed by atoms with Crippen LogP contribution in [-0.2, 0) is 4.79 Å². The molecule has 4 aromatic carbocycles. The molecule has 0 aliphatic rings. The number of carbonyl (C=O) groups is 2. The Kier molecular flexibility index (Phi) is 8.75. The van der Waals surface area contributed by atoms with Gasteiger partial charge in [0.1, 0.15) is 24.7 Å². The summed E-state index contributed by atoms with van der Waals surface area (Å²) < 4.78 is 11.5. The zero-order valence-corrected chi connectivity index (χ0v) is 20.6. The molecule has 0 aliphatic heterocycles. The zero-order chi connectivity index (χ0) is 25.9. The molecule has 4 rings (SSSR count). The number of benzene rings is 4. The number of ether oxygens (including phenoxy) is 2. The van der Waals surface area contributed by atoms with Crippen LogP contribution in [-0.4, -0.2) is 38.6 Å². The molecule has 0 unspecified atom stereocenters. The summed E-state index contributed by atoms with van der Waals surface area (Å²) >= 11 is 0. The van der Waals surface area contributed by atoms with Gasteiger partial charge >= 0.3 is 0 Å². The van der Waals surface area contributed by atoms with Gasteiger partial charge in [0, 0.05) is 24.0 Å². The predicted octanol–water partition coefficient (Wildman–Crippen LogP) is 5.47. The number of hydrogen-bond acceptors (Lipinski definition) is 5. The van der Waals surface area contributed by atoms with Crippen LogP contribution in [0.15, 0.2) is 109 Å². The van der Waals surface area contributed by atoms with E-state index in [0.717, 1.165) is 11.4 Å². The minimum Gasteiger partial charge on any atom is -0.490 e. The van der Waals surface area contributed by atoms with Crippen molar-refractivity contribution in [1.29, 1.82) is 0 Å². The van der Waals surface area contributed by atoms with Crippen molar-refractivity contribution in [2.24, 2.45) is 0 Å². The van der Waals surface area contributed by atoms with Crippen molar-refractivity contribution in [3.63, 3.8) is 0 Å². The van der Waals surface area contributed by atoms with Crippen LogP contribution in [0.25, 0.3) is 0 Å². The van der Waals surface area contributed by atoms with Gasteiger partial charge in [-0.15, -0.1) is 0 Å². The average molecular weight is 496 g/mol. The summed E-state index contributed by atoms with van der Waals surface area (Å²) in [6, 6.07) is 33.2. The molecule has 0 fully saturated rings. The van der Waals surface area contributed by atoms with Gasteiger partial charge in [-0.1, -0.05) is 48.5 Å². The van der Waals surface area contributed by atoms with Crippen molar-refractivity contribution in [1.82, 2.24) is 0 Å². The highest BCUT2D eigenvalue weighted by Crippen LogP contribution is 2.23. The molecule has 0 atom stereocenters. The zero-order valence-electron chi connectivity index (χ0n) is 20.6. The van der Waals surface area contributed by atoms with E-state index >= 15 is 0 Å². The summed E-state index contributed by atoms with van der Waals surface area (Å²) in [7, 11) is 1.73. The van der Waals surface area contributed by atoms with Crippen LogP contribution in [0.5, 0.6) is 11.5 Å². The van der Waals surface area contributed by atoms with Crippen LogP contribution in [0.1, 0.15) is 10.4 Å². The molecule has 188 valence electrons. The second-order valence-corrected chi connectivity index (χ2v) is 8.18. The molecule has 0 spiro atoms. The first kappa shape index (κ1) is 25.3. The number of carbonyl (C=O) groups excluding carboxylic acids is 2. The van der Waals surface area contributed by atoms with Crippen molar-refractivity contribution >= 4 is 28.9 Å². The largest absolute Gasteiger partial charge is 0.490 e. The fourth-order valence-electron chi connectivity index (χ4n) is 3.61. The van der Waals surface area contributed by atoms with E-state index in [1.54, 1.807) is 36.2 Å². The monoisotopic (exact) mass is 495 g/mol. The lowest BCUT2D eigenvalue weighted by atomic mass is 10.1. The lowest BCUT2D eigenvalue weighted by Gasteiger charge is -2.17. The Labute approximate surface area is 216 Å². The van der Waals surface area contributed by atoms with Gasteiger partial charge < -0.3 is 25.0 Å². The lowest BCUT2D eigenvalue weighted by molar-refractivity contribution is -0.114. The number of nitrogens with zero attached hydrogens (tertiary/aromatic N) is 1. The quantitative estimate of drug-likeness (QED) is 0.270. The van der Waals surface area contributed by atoms with Crippen molar-refractivity contribution in [2.75, 3.05) is 42.3 Å². The maximum atomic E-state index is 12.7. The molecule has 0 radical (unpaired) electrons. The smallest absolute Gasteiger partial charge is 0.258 e. The van der Waals surface area contributed by atoms with Crippen LogP contribution in [0, 0.1) is 0 Å². The summed E-state index contributed by atoms with van der Waals surface area (Å²) in [5, 5.41) is 5.96. The van der Waals surface area contributed by atoms with Crippen LogP contribution < -0.4 is 25.0 Å². The first-order chi connectivity index (χ1) is 18.1. The number of hydrogen-bond donors (Lipinski definition) is 2. The van der Waals surface area contributed by atoms with Gasteiger partial charge in [0.25, 0.3) is 5.91 Å². The molecule has 7 heteroatoms. The Hall–Kier alpha value is -4.78. The Bertz CT molecular complexity index is 1300. The second-order valence-electron chi connectivity index (χ2n) is 8.18. The van der Waals surface area contributed by atoms with Crippen LogP contribution >= 0.6 is 0 Å². The molecular weight excluding hydrogens is 466 g/mol. The molecule has 0 heterocycles. The molecule has 37 heavy (non-hydrogen) atoms. The summed E-state index contributed by atoms with van der Waals surface area (Å²) in [6.07, 6.45) is 0. The number of amides is 2. The van der Waals surface area contributed by atoms with Crippen molar-refractivity contribution in [3.05, 3.63) is 115 Å². The van der Waals surface area contributed by atoms with Crippen molar-refractivity contribution < 1.29 is 19.1 Å². The van der Waals surface area contributed by atoms with Crippen LogP contribution in [0.4, 0.5) is 17.1 Å². The SMILES string of the molecule is CN(C(=O)c1ccc(NC(=O)CNc2ccccc2OCCOc2ccccc2)cc1)c1ccccc1. The van der Waals surface area contributed by atoms with E-state index in [1.807, 2.05) is 84.9 Å². The number of nitrogens with one attached hydrogen (secondary N) is 2. The molecule has 2 N–H and O–H groups in total. The molecule has 0 aromatic heterocycles. The highest BCUT2D eigenvalue weighted by Gasteiger charge is 2.13. The Morgan fingerprint density at radius 1 is 0.730 bits per heavy atom. The second kappa shape index (κ2) is 12.8. The van der Waals surface area contributed by atoms with Gasteiger partial charge in [-0.25, -0.2) is 0 Å². The van der Waals surface area contributed by atoms with Gasteiger partial charge in [0.15, 0.2) is 0 Å². The third-order valence-electron chi connectivity index (χ3n) is 5.54. The number of anilines is 3. The van der Waals surface area contributed by atoms with E-state index in [0.29, 0.717) is 35.9 Å². The predicted molar refractivity (Wildman–Crippen MR) is 147 cm³/mol. The normalized spacial score (nSPS) is 10.3. The first-order valence-corrected chi connectivity index (χ1v) is 12.0. The summed E-state index contributed by atoms with van der Waals surface area (Å²) in [6.45, 7) is 0.821. The molecule has 7 nitrogen and oxygen atoms in total. The van der Waals surface area contributed by atoms with E-state index < -0.39 is 0 Å². The van der Waals surface area contributed by atoms with Crippen molar-refractivity contribution in [2.45, 2.75) is 0 Å². The summed E-state index contributed by atoms with van der Waals surface area (Å²) in [4.78, 5) is 26.9. The highest BCUT2D eigenvalue weighted by atomic mass is 16.5. The Balaban J connectivity index is 1.25. The average Bonchev–Trinajstić information content (AvgIpc) is 2.95. The molecule has 4 aromatic rings. The van der Waals surface area contributed by atoms with E-state index in [-0.39, 0.29) is 18.4 Å². The minimum absolute atomic E-state index is 0.0539. The van der Waals surface area contributed by atoms with Gasteiger partial charge in [0.2, 0.25) is 5.91 Å². The maximum absolute atomic E-state index is 12.7.